The molecular weight excluding hydrogens is 375 g/mol. The number of carbonyl (C=O) groups is 3. The van der Waals surface area contributed by atoms with Crippen LogP contribution in [0, 0.1) is 5.82 Å². The third-order valence-corrected chi connectivity index (χ3v) is 6.99. The Labute approximate surface area is 168 Å². The van der Waals surface area contributed by atoms with Gasteiger partial charge in [0.1, 0.15) is 0 Å². The molecule has 154 valence electrons. The van der Waals surface area contributed by atoms with E-state index in [0.717, 1.165) is 25.9 Å². The molecule has 2 bridgehead atoms. The minimum absolute atomic E-state index is 0.108. The van der Waals surface area contributed by atoms with E-state index in [-0.39, 0.29) is 24.3 Å². The highest BCUT2D eigenvalue weighted by Crippen LogP contribution is 2.36. The summed E-state index contributed by atoms with van der Waals surface area (Å²) < 4.78 is 15.5. The van der Waals surface area contributed by atoms with Crippen molar-refractivity contribution in [3.8, 4) is 0 Å². The predicted octanol–water partition coefficient (Wildman–Crippen LogP) is 0.611. The topological polar surface area (TPSA) is 81.8 Å². The number of amides is 1. The number of benzene rings is 1. The molecule has 8 heteroatoms. The molecule has 4 unspecified atom stereocenters. The highest BCUT2D eigenvalue weighted by molar-refractivity contribution is 6.27. The van der Waals surface area contributed by atoms with Crippen LogP contribution in [0.5, 0.6) is 0 Å². The van der Waals surface area contributed by atoms with Crippen molar-refractivity contribution < 1.29 is 18.8 Å². The number of hydrogen-bond acceptors (Lipinski definition) is 6. The van der Waals surface area contributed by atoms with E-state index in [1.165, 1.54) is 0 Å². The van der Waals surface area contributed by atoms with Gasteiger partial charge in [0, 0.05) is 48.9 Å². The zero-order valence-electron chi connectivity index (χ0n) is 16.2. The number of nitrogens with zero attached hydrogens (tertiary/aromatic N) is 2. The number of piperazine rings is 1. The lowest BCUT2D eigenvalue weighted by atomic mass is 9.92. The lowest BCUT2D eigenvalue weighted by Crippen LogP contribution is -2.61. The van der Waals surface area contributed by atoms with E-state index in [4.69, 9.17) is 0 Å². The Bertz CT molecular complexity index is 860. The summed E-state index contributed by atoms with van der Waals surface area (Å²) >= 11 is 0. The van der Waals surface area contributed by atoms with Gasteiger partial charge in [-0.2, -0.15) is 0 Å². The van der Waals surface area contributed by atoms with Gasteiger partial charge in [-0.15, -0.1) is 0 Å². The van der Waals surface area contributed by atoms with Crippen LogP contribution in [0.3, 0.4) is 0 Å². The average molecular weight is 400 g/mol. The summed E-state index contributed by atoms with van der Waals surface area (Å²) in [6, 6.07) is 3.64. The van der Waals surface area contributed by atoms with E-state index >= 15 is 4.39 Å². The first-order valence-corrected chi connectivity index (χ1v) is 10.4. The Morgan fingerprint density at radius 1 is 1.07 bits per heavy atom. The molecule has 0 aliphatic carbocycles. The molecule has 4 fully saturated rings. The molecule has 5 aliphatic rings. The number of hydrogen-bond donors (Lipinski definition) is 2. The molecule has 29 heavy (non-hydrogen) atoms. The standard InChI is InChI=1S/C21H25FN4O3/c22-20-16-10-26(14-3-5-17(24-8-14)19(28)11-27)21(29)15(16)4-6-18(20)25-9-12-1-2-13(25)7-23-12/h4,6,11-14,17,23-24H,1-3,5,7-10H2. The Balaban J connectivity index is 1.34. The summed E-state index contributed by atoms with van der Waals surface area (Å²) in [5.41, 5.74) is 1.53. The van der Waals surface area contributed by atoms with Crippen LogP contribution in [0.2, 0.25) is 0 Å². The van der Waals surface area contributed by atoms with Gasteiger partial charge in [-0.3, -0.25) is 14.4 Å². The Morgan fingerprint density at radius 3 is 2.45 bits per heavy atom. The fraction of sp³-hybridized carbons (Fsp3) is 0.571. The molecule has 4 atom stereocenters. The molecule has 4 saturated heterocycles. The first kappa shape index (κ1) is 18.7. The van der Waals surface area contributed by atoms with Gasteiger partial charge in [0.05, 0.1) is 18.3 Å². The highest BCUT2D eigenvalue weighted by atomic mass is 19.1. The van der Waals surface area contributed by atoms with Gasteiger partial charge in [0.15, 0.2) is 12.1 Å². The van der Waals surface area contributed by atoms with Gasteiger partial charge < -0.3 is 20.4 Å². The maximum atomic E-state index is 15.5. The Morgan fingerprint density at radius 2 is 1.83 bits per heavy atom. The first-order chi connectivity index (χ1) is 14.1. The number of aldehydes is 1. The summed E-state index contributed by atoms with van der Waals surface area (Å²) in [5, 5.41) is 6.54. The smallest absolute Gasteiger partial charge is 0.254 e. The molecule has 0 aromatic heterocycles. The fourth-order valence-corrected chi connectivity index (χ4v) is 5.31. The zero-order valence-corrected chi connectivity index (χ0v) is 16.2. The second-order valence-corrected chi connectivity index (χ2v) is 8.56. The zero-order chi connectivity index (χ0) is 20.1. The van der Waals surface area contributed by atoms with E-state index in [1.54, 1.807) is 17.0 Å². The fourth-order valence-electron chi connectivity index (χ4n) is 5.31. The van der Waals surface area contributed by atoms with Crippen LogP contribution < -0.4 is 15.5 Å². The quantitative estimate of drug-likeness (QED) is 0.569. The number of rotatable bonds is 4. The minimum Gasteiger partial charge on any atom is -0.363 e. The summed E-state index contributed by atoms with van der Waals surface area (Å²) in [7, 11) is 0. The number of nitrogens with one attached hydrogen (secondary N) is 2. The molecule has 2 N–H and O–H groups in total. The van der Waals surface area contributed by atoms with Crippen molar-refractivity contribution in [1.29, 1.82) is 0 Å². The lowest BCUT2D eigenvalue weighted by Gasteiger charge is -2.47. The normalized spacial score (nSPS) is 31.1. The van der Waals surface area contributed by atoms with Crippen LogP contribution >= 0.6 is 0 Å². The van der Waals surface area contributed by atoms with E-state index < -0.39 is 11.8 Å². The first-order valence-electron chi connectivity index (χ1n) is 10.4. The van der Waals surface area contributed by atoms with Crippen LogP contribution in [-0.4, -0.2) is 66.7 Å². The van der Waals surface area contributed by atoms with Crippen molar-refractivity contribution in [2.45, 2.75) is 56.4 Å². The number of halogens is 1. The molecule has 6 rings (SSSR count). The van der Waals surface area contributed by atoms with Crippen molar-refractivity contribution >= 4 is 23.7 Å². The van der Waals surface area contributed by atoms with Gasteiger partial charge in [0.25, 0.3) is 5.91 Å². The van der Waals surface area contributed by atoms with Crippen molar-refractivity contribution in [1.82, 2.24) is 15.5 Å². The monoisotopic (exact) mass is 400 g/mol. The van der Waals surface area contributed by atoms with Crippen LogP contribution in [0.15, 0.2) is 12.1 Å². The van der Waals surface area contributed by atoms with E-state index in [1.807, 2.05) is 0 Å². The van der Waals surface area contributed by atoms with Gasteiger partial charge >= 0.3 is 0 Å². The highest BCUT2D eigenvalue weighted by Gasteiger charge is 2.40. The van der Waals surface area contributed by atoms with Crippen LogP contribution in [0.1, 0.15) is 41.6 Å². The van der Waals surface area contributed by atoms with Crippen molar-refractivity contribution in [3.63, 3.8) is 0 Å². The van der Waals surface area contributed by atoms with Crippen LogP contribution in [0.4, 0.5) is 10.1 Å². The second kappa shape index (κ2) is 7.18. The van der Waals surface area contributed by atoms with Crippen molar-refractivity contribution in [3.05, 3.63) is 29.1 Å². The van der Waals surface area contributed by atoms with E-state index in [2.05, 4.69) is 15.5 Å². The van der Waals surface area contributed by atoms with Gasteiger partial charge in [-0.25, -0.2) is 4.39 Å². The molecule has 5 heterocycles. The largest absolute Gasteiger partial charge is 0.363 e. The van der Waals surface area contributed by atoms with Crippen molar-refractivity contribution in [2.75, 3.05) is 24.5 Å². The molecule has 0 saturated carbocycles. The molecule has 0 spiro atoms. The van der Waals surface area contributed by atoms with E-state index in [9.17, 15) is 14.4 Å². The predicted molar refractivity (Wildman–Crippen MR) is 104 cm³/mol. The molecule has 1 amide bonds. The average Bonchev–Trinajstić information content (AvgIpc) is 3.12. The lowest BCUT2D eigenvalue weighted by molar-refractivity contribution is -0.131. The second-order valence-electron chi connectivity index (χ2n) is 8.56. The maximum absolute atomic E-state index is 15.5. The molecular formula is C21H25FN4O3. The number of carbonyl (C=O) groups excluding carboxylic acids is 3. The molecule has 0 radical (unpaired) electrons. The van der Waals surface area contributed by atoms with Gasteiger partial charge in [-0.05, 0) is 37.8 Å². The number of Topliss-reactive ketones (excluding diaryl/α,β-unsaturated/α-hetero) is 1. The number of ketones is 1. The Hall–Kier alpha value is -2.32. The van der Waals surface area contributed by atoms with Gasteiger partial charge in [0.2, 0.25) is 5.78 Å². The van der Waals surface area contributed by atoms with Gasteiger partial charge in [-0.1, -0.05) is 0 Å². The SMILES string of the molecule is O=CC(=O)C1CCC(N2Cc3c(ccc(N4CC5CCC4CN5)c3F)C2=O)CN1. The maximum Gasteiger partial charge on any atom is 0.254 e. The number of anilines is 1. The third-order valence-electron chi connectivity index (χ3n) is 6.99. The van der Waals surface area contributed by atoms with E-state index in [0.29, 0.717) is 54.6 Å². The minimum atomic E-state index is -0.477. The summed E-state index contributed by atoms with van der Waals surface area (Å²) in [4.78, 5) is 39.0. The van der Waals surface area contributed by atoms with Crippen molar-refractivity contribution in [2.24, 2.45) is 0 Å². The summed E-state index contributed by atoms with van der Waals surface area (Å²) in [6.45, 7) is 2.37. The molecule has 7 nitrogen and oxygen atoms in total. The van der Waals surface area contributed by atoms with Crippen LogP contribution in [-0.2, 0) is 16.1 Å². The summed E-state index contributed by atoms with van der Waals surface area (Å²) in [5.74, 6) is -0.886. The van der Waals surface area contributed by atoms with Crippen LogP contribution in [0.25, 0.3) is 0 Å². The molecule has 1 aromatic rings. The molecule has 1 aromatic carbocycles. The Kier molecular flexibility index (Phi) is 4.63. The molecule has 5 aliphatic heterocycles. The number of fused-ring (bicyclic) bond motifs is 4. The number of piperidine rings is 3. The summed E-state index contributed by atoms with van der Waals surface area (Å²) in [6.07, 6.45) is 3.65. The third kappa shape index (κ3) is 3.05.